The normalized spacial score (nSPS) is 11.8. The molecule has 23 heavy (non-hydrogen) atoms. The fraction of sp³-hybridized carbons (Fsp3) is 0.824. The Bertz CT molecular complexity index is 393. The van der Waals surface area contributed by atoms with Gasteiger partial charge in [-0.1, -0.05) is 0 Å². The number of unbranched alkanes of at least 4 members (excludes halogenated alkanes) is 3. The summed E-state index contributed by atoms with van der Waals surface area (Å²) in [5.41, 5.74) is 0. The van der Waals surface area contributed by atoms with Crippen molar-refractivity contribution >= 4 is 37.7 Å². The number of aromatic nitrogens is 1. The second-order valence-electron chi connectivity index (χ2n) is 6.23. The monoisotopic (exact) mass is 450 g/mol. The molecule has 0 fully saturated rings. The first-order chi connectivity index (χ1) is 11.2. The molecule has 1 heterocycles. The molecule has 6 heteroatoms. The number of nitrogens with one attached hydrogen (secondary N) is 1. The Kier molecular flexibility index (Phi) is 11.5. The third kappa shape index (κ3) is 7.28. The van der Waals surface area contributed by atoms with Crippen molar-refractivity contribution in [1.82, 2.24) is 4.98 Å². The number of rotatable bonds is 14. The molecule has 1 rings (SSSR count). The summed E-state index contributed by atoms with van der Waals surface area (Å²) in [5.74, 6) is 0. The molecule has 0 aliphatic rings. The molecule has 0 radical (unpaired) electrons. The summed E-state index contributed by atoms with van der Waals surface area (Å²) in [4.78, 5) is 14.1. The van der Waals surface area contributed by atoms with E-state index in [4.69, 9.17) is 4.89 Å². The van der Waals surface area contributed by atoms with Crippen molar-refractivity contribution in [2.24, 2.45) is 0 Å². The maximum atomic E-state index is 4.90. The van der Waals surface area contributed by atoms with Gasteiger partial charge in [-0.05, 0) is 0 Å². The van der Waals surface area contributed by atoms with Crippen LogP contribution in [0.5, 0.6) is 0 Å². The van der Waals surface area contributed by atoms with Gasteiger partial charge >= 0.3 is 150 Å². The van der Waals surface area contributed by atoms with E-state index in [1.54, 1.807) is 2.89 Å². The van der Waals surface area contributed by atoms with Crippen molar-refractivity contribution in [3.05, 3.63) is 6.20 Å². The number of thiazole rings is 1. The molecule has 134 valence electrons. The van der Waals surface area contributed by atoms with Crippen LogP contribution in [0.15, 0.2) is 6.20 Å². The first-order valence-electron chi connectivity index (χ1n) is 9.08. The van der Waals surface area contributed by atoms with Gasteiger partial charge < -0.3 is 0 Å². The zero-order valence-corrected chi connectivity index (χ0v) is 19.0. The van der Waals surface area contributed by atoms with Gasteiger partial charge in [0.1, 0.15) is 0 Å². The number of hydrogen-bond donors (Lipinski definition) is 1. The third-order valence-corrected chi connectivity index (χ3v) is 23.6. The summed E-state index contributed by atoms with van der Waals surface area (Å²) in [5, 5.41) is 4.17. The fourth-order valence-electron chi connectivity index (χ4n) is 3.04. The Balaban J connectivity index is 2.89. The second-order valence-corrected chi connectivity index (χ2v) is 21.4. The van der Waals surface area contributed by atoms with E-state index >= 15 is 0 Å². The van der Waals surface area contributed by atoms with Crippen LogP contribution in [-0.4, -0.2) is 37.2 Å². The molecule has 0 aliphatic carbocycles. The number of anilines is 1. The quantitative estimate of drug-likeness (QED) is 0.140. The molecule has 0 spiro atoms. The van der Waals surface area contributed by atoms with Crippen molar-refractivity contribution in [2.45, 2.75) is 72.6 Å². The van der Waals surface area contributed by atoms with Crippen LogP contribution in [0.25, 0.3) is 0 Å². The van der Waals surface area contributed by atoms with Crippen LogP contribution in [0.1, 0.15) is 59.3 Å². The van der Waals surface area contributed by atoms with Gasteiger partial charge in [-0.25, -0.2) is 0 Å². The molecule has 1 aromatic heterocycles. The zero-order valence-electron chi connectivity index (χ0n) is 15.3. The van der Waals surface area contributed by atoms with Crippen LogP contribution in [0.3, 0.4) is 0 Å². The van der Waals surface area contributed by atoms with Crippen LogP contribution in [-0.2, 0) is 9.78 Å². The van der Waals surface area contributed by atoms with Crippen molar-refractivity contribution in [3.63, 3.8) is 0 Å². The Morgan fingerprint density at radius 1 is 1.04 bits per heavy atom. The van der Waals surface area contributed by atoms with Crippen molar-refractivity contribution in [2.75, 3.05) is 19.2 Å². The molecule has 0 bridgehead atoms. The van der Waals surface area contributed by atoms with E-state index in [1.807, 2.05) is 11.3 Å². The predicted octanol–water partition coefficient (Wildman–Crippen LogP) is 5.15. The van der Waals surface area contributed by atoms with Gasteiger partial charge in [0.2, 0.25) is 0 Å². The summed E-state index contributed by atoms with van der Waals surface area (Å²) in [7, 11) is 1.52. The van der Waals surface area contributed by atoms with E-state index in [9.17, 15) is 0 Å². The molecule has 0 unspecified atom stereocenters. The summed E-state index contributed by atoms with van der Waals surface area (Å²) >= 11 is -0.423. The van der Waals surface area contributed by atoms with Gasteiger partial charge in [-0.15, -0.1) is 0 Å². The first kappa shape index (κ1) is 21.2. The molecule has 1 aromatic rings. The van der Waals surface area contributed by atoms with Crippen molar-refractivity contribution in [1.29, 1.82) is 0 Å². The van der Waals surface area contributed by atoms with E-state index in [0.717, 1.165) is 5.13 Å². The Hall–Kier alpha value is 0.149. The summed E-state index contributed by atoms with van der Waals surface area (Å²) in [6, 6.07) is 0. The molecule has 0 aliphatic heterocycles. The van der Waals surface area contributed by atoms with E-state index in [2.05, 4.69) is 42.2 Å². The zero-order chi connectivity index (χ0) is 17.0. The van der Waals surface area contributed by atoms with Crippen LogP contribution >= 0.6 is 11.3 Å². The summed E-state index contributed by atoms with van der Waals surface area (Å²) in [6.45, 7) is 7.30. The molecule has 4 nitrogen and oxygen atoms in total. The first-order valence-corrected chi connectivity index (χ1v) is 17.4. The SMILES string of the molecule is CCC[CH2][Sn]([CH2]CCC)([CH2]CCC)[c]1cnc(NCOOC)s1. The molecule has 1 N–H and O–H groups in total. The van der Waals surface area contributed by atoms with Gasteiger partial charge in [-0.3, -0.25) is 0 Å². The van der Waals surface area contributed by atoms with Gasteiger partial charge in [0.25, 0.3) is 0 Å². The van der Waals surface area contributed by atoms with Gasteiger partial charge in [0.15, 0.2) is 0 Å². The third-order valence-electron chi connectivity index (χ3n) is 4.46. The standard InChI is InChI=1S/C5H7N2O2S.3C4H9.Sn/c1-8-9-4-7-5-6-2-3-10-5;3*1-3-4-2;/h2H,4H2,1H3,(H,6,7);3*1,3-4H2,2H3;. The van der Waals surface area contributed by atoms with E-state index in [0.29, 0.717) is 6.73 Å². The molecular formula is C17H34N2O2SSn. The Morgan fingerprint density at radius 2 is 1.61 bits per heavy atom. The average Bonchev–Trinajstić information content (AvgIpc) is 3.04. The van der Waals surface area contributed by atoms with Gasteiger partial charge in [0.05, 0.1) is 0 Å². The minimum absolute atomic E-state index is 0.352. The number of hydrogen-bond acceptors (Lipinski definition) is 5. The van der Waals surface area contributed by atoms with E-state index in [-0.39, 0.29) is 0 Å². The van der Waals surface area contributed by atoms with Crippen LogP contribution in [0.2, 0.25) is 13.3 Å². The maximum absolute atomic E-state index is 4.90. The molecular weight excluding hydrogens is 415 g/mol. The number of nitrogens with zero attached hydrogens (tertiary/aromatic N) is 1. The second kappa shape index (κ2) is 12.5. The van der Waals surface area contributed by atoms with Crippen molar-refractivity contribution < 1.29 is 9.78 Å². The summed E-state index contributed by atoms with van der Waals surface area (Å²) in [6.07, 6.45) is 10.3. The minimum atomic E-state index is -2.30. The predicted molar refractivity (Wildman–Crippen MR) is 103 cm³/mol. The molecule has 0 atom stereocenters. The van der Waals surface area contributed by atoms with Gasteiger partial charge in [-0.2, -0.15) is 0 Å². The van der Waals surface area contributed by atoms with Crippen LogP contribution < -0.4 is 8.21 Å². The van der Waals surface area contributed by atoms with E-state index < -0.39 is 18.4 Å². The average molecular weight is 449 g/mol. The Labute approximate surface area is 150 Å². The topological polar surface area (TPSA) is 43.4 Å². The molecule has 0 saturated heterocycles. The fourth-order valence-corrected chi connectivity index (χ4v) is 22.6. The van der Waals surface area contributed by atoms with E-state index in [1.165, 1.54) is 58.9 Å². The van der Waals surface area contributed by atoms with Crippen LogP contribution in [0.4, 0.5) is 5.13 Å². The Morgan fingerprint density at radius 3 is 2.09 bits per heavy atom. The van der Waals surface area contributed by atoms with Crippen LogP contribution in [0, 0.1) is 0 Å². The molecule has 0 amide bonds. The van der Waals surface area contributed by atoms with Crippen molar-refractivity contribution in [3.8, 4) is 0 Å². The molecule has 0 aromatic carbocycles. The summed E-state index contributed by atoms with van der Waals surface area (Å²) < 4.78 is 6.11. The molecule has 0 saturated carbocycles. The van der Waals surface area contributed by atoms with Gasteiger partial charge in [0, 0.05) is 0 Å².